The normalized spacial score (nSPS) is 15.6. The Labute approximate surface area is 204 Å². The Morgan fingerprint density at radius 2 is 2.09 bits per heavy atom. The van der Waals surface area contributed by atoms with Crippen molar-refractivity contribution < 1.29 is 14.0 Å². The zero-order valence-electron chi connectivity index (χ0n) is 20.0. The molecule has 0 aromatic carbocycles. The number of carbonyl (C=O) groups is 2. The highest BCUT2D eigenvalue weighted by Gasteiger charge is 2.30. The van der Waals surface area contributed by atoms with Crippen molar-refractivity contribution in [2.24, 2.45) is 5.73 Å². The zero-order chi connectivity index (χ0) is 24.8. The number of aryl methyl sites for hydroxylation is 1. The van der Waals surface area contributed by atoms with Gasteiger partial charge in [0.15, 0.2) is 0 Å². The first-order chi connectivity index (χ1) is 16.2. The van der Waals surface area contributed by atoms with E-state index in [1.807, 2.05) is 27.8 Å². The second-order valence-electron chi connectivity index (χ2n) is 8.97. The van der Waals surface area contributed by atoms with Crippen LogP contribution in [0.25, 0.3) is 0 Å². The summed E-state index contributed by atoms with van der Waals surface area (Å²) in [4.78, 5) is 32.5. The number of primary amides is 1. The van der Waals surface area contributed by atoms with Crippen LogP contribution in [-0.4, -0.2) is 51.8 Å². The fraction of sp³-hybridized carbons (Fsp3) is 0.520. The molecule has 9 heteroatoms. The molecule has 1 aliphatic heterocycles. The topological polar surface area (TPSA) is 103 Å². The summed E-state index contributed by atoms with van der Waals surface area (Å²) in [5.74, 6) is -1.24. The molecule has 0 bridgehead atoms. The molecule has 2 amide bonds. The Kier molecular flexibility index (Phi) is 8.75. The molecule has 2 aromatic heterocycles. The van der Waals surface area contributed by atoms with Crippen molar-refractivity contribution in [3.05, 3.63) is 50.7 Å². The summed E-state index contributed by atoms with van der Waals surface area (Å²) in [5.41, 5.74) is 8.21. The molecule has 1 saturated heterocycles. The van der Waals surface area contributed by atoms with E-state index in [1.165, 1.54) is 0 Å². The number of nitrogens with two attached hydrogens (primary N) is 1. The minimum absolute atomic E-state index is 0.100. The number of rotatable bonds is 9. The van der Waals surface area contributed by atoms with Gasteiger partial charge in [0, 0.05) is 37.3 Å². The molecular weight excluding hydrogens is 453 g/mol. The molecule has 1 aliphatic rings. The minimum atomic E-state index is -0.586. The van der Waals surface area contributed by atoms with Gasteiger partial charge in [0.1, 0.15) is 6.42 Å². The fourth-order valence-corrected chi connectivity index (χ4v) is 5.50. The van der Waals surface area contributed by atoms with Crippen molar-refractivity contribution in [2.45, 2.75) is 71.5 Å². The molecule has 2 N–H and O–H groups in total. The first kappa shape index (κ1) is 25.8. The number of aromatic nitrogens is 1. The molecule has 0 unspecified atom stereocenters. The lowest BCUT2D eigenvalue weighted by molar-refractivity contribution is -0.134. The maximum absolute atomic E-state index is 14.5. The first-order valence-corrected chi connectivity index (χ1v) is 12.5. The Morgan fingerprint density at radius 3 is 2.68 bits per heavy atom. The quantitative estimate of drug-likeness (QED) is 0.545. The van der Waals surface area contributed by atoms with Crippen LogP contribution in [0.1, 0.15) is 65.3 Å². The van der Waals surface area contributed by atoms with Gasteiger partial charge >= 0.3 is 0 Å². The fourth-order valence-electron chi connectivity index (χ4n) is 4.84. The lowest BCUT2D eigenvalue weighted by Crippen LogP contribution is -2.49. The highest BCUT2D eigenvalue weighted by atomic mass is 32.1. The van der Waals surface area contributed by atoms with Crippen LogP contribution >= 0.6 is 11.3 Å². The summed E-state index contributed by atoms with van der Waals surface area (Å²) in [6, 6.07) is 4.31. The third-order valence-electron chi connectivity index (χ3n) is 6.81. The molecule has 0 aliphatic carbocycles. The van der Waals surface area contributed by atoms with Crippen LogP contribution in [0.2, 0.25) is 0 Å². The predicted octanol–water partition coefficient (Wildman–Crippen LogP) is 3.73. The molecule has 3 heterocycles. The SMILES string of the molecule is Cc1nc(F)c(CC[C@@H](C)N2CCC(N(Cc3ccsc3)C(=O)CC#N)CC2)c(C)c1C(N)=O. The number of nitriles is 1. The smallest absolute Gasteiger partial charge is 0.250 e. The number of pyridine rings is 1. The summed E-state index contributed by atoms with van der Waals surface area (Å²) in [6.45, 7) is 7.62. The molecule has 3 rings (SSSR count). The summed E-state index contributed by atoms with van der Waals surface area (Å²) < 4.78 is 14.5. The van der Waals surface area contributed by atoms with E-state index in [-0.39, 0.29) is 24.4 Å². The molecule has 7 nitrogen and oxygen atoms in total. The number of carbonyl (C=O) groups excluding carboxylic acids is 2. The monoisotopic (exact) mass is 485 g/mol. The molecule has 2 aromatic rings. The highest BCUT2D eigenvalue weighted by molar-refractivity contribution is 7.07. The van der Waals surface area contributed by atoms with Gasteiger partial charge in [-0.05, 0) is 74.4 Å². The van der Waals surface area contributed by atoms with Crippen molar-refractivity contribution in [1.82, 2.24) is 14.8 Å². The number of halogens is 1. The maximum atomic E-state index is 14.5. The maximum Gasteiger partial charge on any atom is 0.250 e. The number of hydrogen-bond acceptors (Lipinski definition) is 6. The van der Waals surface area contributed by atoms with Crippen LogP contribution in [0, 0.1) is 31.1 Å². The van der Waals surface area contributed by atoms with E-state index >= 15 is 0 Å². The molecule has 0 spiro atoms. The van der Waals surface area contributed by atoms with Crippen LogP contribution < -0.4 is 5.73 Å². The summed E-state index contributed by atoms with van der Waals surface area (Å²) in [6.07, 6.45) is 2.74. The molecule has 0 saturated carbocycles. The lowest BCUT2D eigenvalue weighted by Gasteiger charge is -2.40. The van der Waals surface area contributed by atoms with Gasteiger partial charge in [-0.3, -0.25) is 9.59 Å². The largest absolute Gasteiger partial charge is 0.366 e. The molecule has 1 atom stereocenters. The first-order valence-electron chi connectivity index (χ1n) is 11.6. The standard InChI is InChI=1S/C25H32FN5O2S/c1-16(4-5-21-17(2)23(25(28)33)18(3)29-24(21)26)30-11-7-20(8-12-30)31(22(32)6-10-27)14-19-9-13-34-15-19/h9,13,15-16,20H,4-8,11-12,14H2,1-3H3,(H2,28,33)/t16-/m1/s1. The molecule has 0 radical (unpaired) electrons. The van der Waals surface area contributed by atoms with Gasteiger partial charge in [-0.25, -0.2) is 4.98 Å². The van der Waals surface area contributed by atoms with Crippen molar-refractivity contribution in [1.29, 1.82) is 5.26 Å². The lowest BCUT2D eigenvalue weighted by atomic mass is 9.95. The van der Waals surface area contributed by atoms with Crippen molar-refractivity contribution in [3.63, 3.8) is 0 Å². The van der Waals surface area contributed by atoms with Gasteiger partial charge in [0.05, 0.1) is 17.3 Å². The molecule has 182 valence electrons. The average Bonchev–Trinajstić information content (AvgIpc) is 3.30. The molecule has 34 heavy (non-hydrogen) atoms. The highest BCUT2D eigenvalue weighted by Crippen LogP contribution is 2.25. The van der Waals surface area contributed by atoms with Crippen LogP contribution in [0.15, 0.2) is 16.8 Å². The van der Waals surface area contributed by atoms with Gasteiger partial charge in [0.25, 0.3) is 5.91 Å². The Bertz CT molecular complexity index is 1060. The van der Waals surface area contributed by atoms with Crippen LogP contribution in [-0.2, 0) is 17.8 Å². The third-order valence-corrected chi connectivity index (χ3v) is 7.54. The van der Waals surface area contributed by atoms with Crippen LogP contribution in [0.4, 0.5) is 4.39 Å². The van der Waals surface area contributed by atoms with Gasteiger partial charge < -0.3 is 15.5 Å². The van der Waals surface area contributed by atoms with Gasteiger partial charge in [-0.1, -0.05) is 0 Å². The van der Waals surface area contributed by atoms with Crippen molar-refractivity contribution in [3.8, 4) is 6.07 Å². The van der Waals surface area contributed by atoms with Gasteiger partial charge in [-0.2, -0.15) is 21.0 Å². The summed E-state index contributed by atoms with van der Waals surface area (Å²) in [5, 5.41) is 13.0. The molecule has 1 fully saturated rings. The Morgan fingerprint density at radius 1 is 1.38 bits per heavy atom. The Balaban J connectivity index is 1.60. The van der Waals surface area contributed by atoms with E-state index in [1.54, 1.807) is 25.2 Å². The van der Waals surface area contributed by atoms with E-state index < -0.39 is 11.9 Å². The number of likely N-dealkylation sites (tertiary alicyclic amines) is 1. The number of hydrogen-bond donors (Lipinski definition) is 1. The van der Waals surface area contributed by atoms with Crippen LogP contribution in [0.3, 0.4) is 0 Å². The zero-order valence-corrected chi connectivity index (χ0v) is 20.8. The third kappa shape index (κ3) is 5.99. The second-order valence-corrected chi connectivity index (χ2v) is 9.75. The van der Waals surface area contributed by atoms with Crippen molar-refractivity contribution >= 4 is 23.2 Å². The number of amides is 2. The van der Waals surface area contributed by atoms with Crippen LogP contribution in [0.5, 0.6) is 0 Å². The second kappa shape index (κ2) is 11.5. The number of thiophene rings is 1. The average molecular weight is 486 g/mol. The van der Waals surface area contributed by atoms with Gasteiger partial charge in [0.2, 0.25) is 11.9 Å². The predicted molar refractivity (Wildman–Crippen MR) is 130 cm³/mol. The van der Waals surface area contributed by atoms with E-state index in [9.17, 15) is 14.0 Å². The van der Waals surface area contributed by atoms with E-state index in [0.717, 1.165) is 37.9 Å². The summed E-state index contributed by atoms with van der Waals surface area (Å²) >= 11 is 1.60. The number of nitrogens with zero attached hydrogens (tertiary/aromatic N) is 4. The summed E-state index contributed by atoms with van der Waals surface area (Å²) in [7, 11) is 0. The molecular formula is C25H32FN5O2S. The number of piperidine rings is 1. The van der Waals surface area contributed by atoms with Crippen molar-refractivity contribution in [2.75, 3.05) is 13.1 Å². The van der Waals surface area contributed by atoms with E-state index in [4.69, 9.17) is 11.0 Å². The van der Waals surface area contributed by atoms with E-state index in [0.29, 0.717) is 35.3 Å². The Hall–Kier alpha value is -2.83. The van der Waals surface area contributed by atoms with E-state index in [2.05, 4.69) is 16.8 Å². The van der Waals surface area contributed by atoms with Gasteiger partial charge in [-0.15, -0.1) is 0 Å². The minimum Gasteiger partial charge on any atom is -0.366 e.